The van der Waals surface area contributed by atoms with Crippen molar-refractivity contribution in [3.05, 3.63) is 34.9 Å². The minimum Gasteiger partial charge on any atom is -0.353 e. The van der Waals surface area contributed by atoms with Crippen molar-refractivity contribution in [1.29, 1.82) is 0 Å². The van der Waals surface area contributed by atoms with Crippen LogP contribution in [-0.4, -0.2) is 36.0 Å². The maximum Gasteiger partial charge on any atom is 0.230 e. The molecule has 0 spiro atoms. The van der Waals surface area contributed by atoms with Gasteiger partial charge in [0.05, 0.1) is 5.75 Å². The van der Waals surface area contributed by atoms with Gasteiger partial charge in [-0.05, 0) is 62.9 Å². The van der Waals surface area contributed by atoms with E-state index < -0.39 is 0 Å². The van der Waals surface area contributed by atoms with Crippen molar-refractivity contribution in [2.24, 2.45) is 5.92 Å². The van der Waals surface area contributed by atoms with Crippen LogP contribution in [0.4, 0.5) is 0 Å². The van der Waals surface area contributed by atoms with Crippen LogP contribution in [0.1, 0.15) is 38.7 Å². The highest BCUT2D eigenvalue weighted by Gasteiger charge is 2.31. The number of halogens is 1. The van der Waals surface area contributed by atoms with Gasteiger partial charge >= 0.3 is 0 Å². The van der Waals surface area contributed by atoms with Crippen LogP contribution < -0.4 is 10.6 Å². The molecule has 1 fully saturated rings. The number of carbonyl (C=O) groups excluding carboxylic acids is 1. The molecule has 1 unspecified atom stereocenters. The molecular formula is C18H27ClN2OS. The summed E-state index contributed by atoms with van der Waals surface area (Å²) in [5, 5.41) is 7.68. The maximum atomic E-state index is 11.9. The van der Waals surface area contributed by atoms with E-state index in [-0.39, 0.29) is 11.9 Å². The zero-order valence-corrected chi connectivity index (χ0v) is 15.7. The van der Waals surface area contributed by atoms with E-state index in [2.05, 4.69) is 29.7 Å². The number of thioether (sulfide) groups is 1. The molecule has 1 saturated heterocycles. The number of carbonyl (C=O) groups is 1. The fraction of sp³-hybridized carbons (Fsp3) is 0.611. The zero-order chi connectivity index (χ0) is 16.8. The lowest BCUT2D eigenvalue weighted by Crippen LogP contribution is -2.40. The Morgan fingerprint density at radius 1 is 1.35 bits per heavy atom. The van der Waals surface area contributed by atoms with Gasteiger partial charge in [0.2, 0.25) is 5.91 Å². The second-order valence-corrected chi connectivity index (χ2v) is 8.36. The third-order valence-corrected chi connectivity index (χ3v) is 5.91. The van der Waals surface area contributed by atoms with E-state index in [0.29, 0.717) is 22.8 Å². The van der Waals surface area contributed by atoms with E-state index in [1.807, 2.05) is 26.0 Å². The van der Waals surface area contributed by atoms with Gasteiger partial charge in [-0.1, -0.05) is 30.7 Å². The van der Waals surface area contributed by atoms with E-state index >= 15 is 0 Å². The highest BCUT2D eigenvalue weighted by Crippen LogP contribution is 2.37. The van der Waals surface area contributed by atoms with E-state index in [1.165, 1.54) is 5.56 Å². The van der Waals surface area contributed by atoms with Gasteiger partial charge < -0.3 is 10.6 Å². The normalized spacial score (nSPS) is 22.8. The van der Waals surface area contributed by atoms with Gasteiger partial charge in [-0.2, -0.15) is 0 Å². The molecule has 0 radical (unpaired) electrons. The molecule has 1 aliphatic heterocycles. The highest BCUT2D eigenvalue weighted by molar-refractivity contribution is 8.00. The molecule has 5 heteroatoms. The molecule has 3 atom stereocenters. The van der Waals surface area contributed by atoms with Gasteiger partial charge in [0.15, 0.2) is 0 Å². The first-order valence-electron chi connectivity index (χ1n) is 8.34. The molecule has 0 aliphatic carbocycles. The lowest BCUT2D eigenvalue weighted by Gasteiger charge is -2.36. The Hall–Kier alpha value is -0.710. The predicted molar refractivity (Wildman–Crippen MR) is 100 cm³/mol. The van der Waals surface area contributed by atoms with Crippen molar-refractivity contribution in [2.75, 3.05) is 18.8 Å². The Bertz CT molecular complexity index is 506. The van der Waals surface area contributed by atoms with E-state index in [9.17, 15) is 4.79 Å². The number of piperidine rings is 1. The lowest BCUT2D eigenvalue weighted by atomic mass is 9.79. The first kappa shape index (κ1) is 18.6. The molecule has 3 nitrogen and oxygen atoms in total. The lowest BCUT2D eigenvalue weighted by molar-refractivity contribution is -0.119. The van der Waals surface area contributed by atoms with Crippen LogP contribution in [-0.2, 0) is 4.79 Å². The van der Waals surface area contributed by atoms with Crippen molar-refractivity contribution in [3.63, 3.8) is 0 Å². The number of rotatable bonds is 6. The molecular weight excluding hydrogens is 328 g/mol. The van der Waals surface area contributed by atoms with Crippen LogP contribution in [0.5, 0.6) is 0 Å². The summed E-state index contributed by atoms with van der Waals surface area (Å²) in [7, 11) is 0. The predicted octanol–water partition coefficient (Wildman–Crippen LogP) is 3.68. The number of hydrogen-bond donors (Lipinski definition) is 2. The van der Waals surface area contributed by atoms with E-state index in [0.717, 1.165) is 24.5 Å². The first-order valence-corrected chi connectivity index (χ1v) is 9.77. The third kappa shape index (κ3) is 5.70. The number of amides is 1. The number of benzene rings is 1. The Balaban J connectivity index is 1.97. The molecule has 0 bridgehead atoms. The maximum absolute atomic E-state index is 11.9. The topological polar surface area (TPSA) is 41.1 Å². The molecule has 0 aromatic heterocycles. The summed E-state index contributed by atoms with van der Waals surface area (Å²) in [5.41, 5.74) is 1.36. The second-order valence-electron chi connectivity index (χ2n) is 6.55. The number of nitrogens with one attached hydrogen (secondary N) is 2. The fourth-order valence-electron chi connectivity index (χ4n) is 3.19. The first-order chi connectivity index (χ1) is 11.0. The molecule has 23 heavy (non-hydrogen) atoms. The van der Waals surface area contributed by atoms with E-state index in [4.69, 9.17) is 11.6 Å². The van der Waals surface area contributed by atoms with Gasteiger partial charge in [0.25, 0.3) is 0 Å². The van der Waals surface area contributed by atoms with Crippen LogP contribution in [0, 0.1) is 5.92 Å². The van der Waals surface area contributed by atoms with Crippen LogP contribution in [0.15, 0.2) is 24.3 Å². The van der Waals surface area contributed by atoms with Crippen molar-refractivity contribution in [2.45, 2.75) is 44.4 Å². The molecule has 2 rings (SSSR count). The zero-order valence-electron chi connectivity index (χ0n) is 14.1. The Labute approximate surface area is 148 Å². The summed E-state index contributed by atoms with van der Waals surface area (Å²) in [5.74, 6) is 1.72. The molecule has 1 aliphatic rings. The molecule has 1 heterocycles. The van der Waals surface area contributed by atoms with Crippen LogP contribution in [0.2, 0.25) is 5.02 Å². The summed E-state index contributed by atoms with van der Waals surface area (Å²) in [6.45, 7) is 8.29. The highest BCUT2D eigenvalue weighted by atomic mass is 35.5. The van der Waals surface area contributed by atoms with Gasteiger partial charge in [0, 0.05) is 16.3 Å². The third-order valence-electron chi connectivity index (χ3n) is 4.36. The molecule has 2 N–H and O–H groups in total. The van der Waals surface area contributed by atoms with Crippen molar-refractivity contribution < 1.29 is 4.79 Å². The van der Waals surface area contributed by atoms with Gasteiger partial charge in [-0.15, -0.1) is 11.8 Å². The molecule has 1 aromatic carbocycles. The average Bonchev–Trinajstić information content (AvgIpc) is 2.53. The number of hydrogen-bond acceptors (Lipinski definition) is 3. The molecule has 128 valence electrons. The Morgan fingerprint density at radius 2 is 2.04 bits per heavy atom. The minimum absolute atomic E-state index is 0.128. The van der Waals surface area contributed by atoms with Gasteiger partial charge in [-0.3, -0.25) is 4.79 Å². The molecule has 1 aromatic rings. The van der Waals surface area contributed by atoms with Crippen LogP contribution in [0.25, 0.3) is 0 Å². The minimum atomic E-state index is 0.128. The van der Waals surface area contributed by atoms with Gasteiger partial charge in [0.1, 0.15) is 0 Å². The Kier molecular flexibility index (Phi) is 7.25. The van der Waals surface area contributed by atoms with Gasteiger partial charge in [-0.25, -0.2) is 0 Å². The fourth-order valence-corrected chi connectivity index (χ4v) is 4.35. The monoisotopic (exact) mass is 354 g/mol. The summed E-state index contributed by atoms with van der Waals surface area (Å²) < 4.78 is 0. The quantitative estimate of drug-likeness (QED) is 0.818. The van der Waals surface area contributed by atoms with E-state index in [1.54, 1.807) is 11.8 Å². The summed E-state index contributed by atoms with van der Waals surface area (Å²) in [6, 6.07) is 8.45. The standard InChI is InChI=1S/C18H27ClN2OS/c1-12(2)21-18(22)11-23-13(3)17-10-20-9-8-16(17)14-4-6-15(19)7-5-14/h4-7,12-13,16-17,20H,8-11H2,1-3H3,(H,21,22)/t13?,16-,17-/m1/s1. The Morgan fingerprint density at radius 3 is 2.70 bits per heavy atom. The summed E-state index contributed by atoms with van der Waals surface area (Å²) in [4.78, 5) is 11.9. The summed E-state index contributed by atoms with van der Waals surface area (Å²) >= 11 is 7.77. The smallest absolute Gasteiger partial charge is 0.230 e. The molecule has 0 saturated carbocycles. The molecule has 1 amide bonds. The summed E-state index contributed by atoms with van der Waals surface area (Å²) in [6.07, 6.45) is 1.13. The van der Waals surface area contributed by atoms with Crippen molar-refractivity contribution in [1.82, 2.24) is 10.6 Å². The van der Waals surface area contributed by atoms with Crippen LogP contribution >= 0.6 is 23.4 Å². The van der Waals surface area contributed by atoms with Crippen molar-refractivity contribution in [3.8, 4) is 0 Å². The van der Waals surface area contributed by atoms with Crippen molar-refractivity contribution >= 4 is 29.3 Å². The van der Waals surface area contributed by atoms with Crippen LogP contribution in [0.3, 0.4) is 0 Å². The SMILES string of the molecule is CC(C)NC(=O)CSC(C)[C@H]1CNCC[C@@H]1c1ccc(Cl)cc1. The largest absolute Gasteiger partial charge is 0.353 e. The second kappa shape index (κ2) is 8.95. The average molecular weight is 355 g/mol.